The molecule has 10 nitrogen and oxygen atoms in total. The van der Waals surface area contributed by atoms with Crippen LogP contribution in [0.4, 0.5) is 0 Å². The van der Waals surface area contributed by atoms with E-state index in [-0.39, 0.29) is 30.0 Å². The lowest BCUT2D eigenvalue weighted by Gasteiger charge is -2.30. The van der Waals surface area contributed by atoms with Crippen molar-refractivity contribution in [3.63, 3.8) is 0 Å². The number of thioether (sulfide) groups is 1. The van der Waals surface area contributed by atoms with Gasteiger partial charge in [0.05, 0.1) is 26.2 Å². The maximum Gasteiger partial charge on any atom is 0.334 e. The van der Waals surface area contributed by atoms with Crippen LogP contribution in [-0.4, -0.2) is 88.8 Å². The number of nitrogens with zero attached hydrogens (tertiary/aromatic N) is 2. The third-order valence-electron chi connectivity index (χ3n) is 5.44. The Kier molecular flexibility index (Phi) is 9.59. The molecule has 5 N–H and O–H groups in total. The summed E-state index contributed by atoms with van der Waals surface area (Å²) in [5.41, 5.74) is -0.507. The molecule has 11 heteroatoms. The minimum absolute atomic E-state index is 0.0515. The molecule has 180 valence electrons. The van der Waals surface area contributed by atoms with Gasteiger partial charge in [-0.1, -0.05) is 12.1 Å². The van der Waals surface area contributed by atoms with Crippen molar-refractivity contribution >= 4 is 23.7 Å². The second kappa shape index (κ2) is 11.7. The fraction of sp³-hybridized carbons (Fsp3) is 0.619. The van der Waals surface area contributed by atoms with Crippen molar-refractivity contribution in [1.29, 1.82) is 0 Å². The third kappa shape index (κ3) is 6.97. The first-order valence-corrected chi connectivity index (χ1v) is 11.9. The molecule has 1 aromatic carbocycles. The highest BCUT2D eigenvalue weighted by Gasteiger charge is 2.43. The van der Waals surface area contributed by atoms with Crippen LogP contribution in [0, 0.1) is 5.21 Å². The van der Waals surface area contributed by atoms with Gasteiger partial charge >= 0.3 is 6.02 Å². The number of carbonyl (C=O) groups excluding carboxylic acids is 1. The second-order valence-electron chi connectivity index (χ2n) is 8.18. The third-order valence-corrected chi connectivity index (χ3v) is 6.13. The van der Waals surface area contributed by atoms with E-state index in [1.807, 2.05) is 6.26 Å². The number of amides is 1. The Hall–Kier alpha value is -2.05. The van der Waals surface area contributed by atoms with Gasteiger partial charge in [-0.3, -0.25) is 9.97 Å². The molecule has 1 amide bonds. The molecule has 1 aromatic rings. The molecular formula is C21H34N4O6S. The van der Waals surface area contributed by atoms with Crippen molar-refractivity contribution < 1.29 is 30.0 Å². The highest BCUT2D eigenvalue weighted by atomic mass is 32.2. The van der Waals surface area contributed by atoms with Crippen molar-refractivity contribution in [1.82, 2.24) is 10.3 Å². The lowest BCUT2D eigenvalue weighted by atomic mass is 9.94. The van der Waals surface area contributed by atoms with Crippen LogP contribution in [0.1, 0.15) is 25.3 Å². The number of hydrogen-bond acceptors (Lipinski definition) is 9. The number of hydrogen-bond donors (Lipinski definition) is 5. The molecule has 0 saturated heterocycles. The SMILES string of the molecule is CSCCCC(O)C(O)C(Cc1ccc(O)cc1)NC(=O)C1(C)COC(N(C)[NH+](C)[O-])=N1. The zero-order valence-corrected chi connectivity index (χ0v) is 19.8. The van der Waals surface area contributed by atoms with Crippen LogP contribution in [0.15, 0.2) is 29.3 Å². The van der Waals surface area contributed by atoms with Crippen LogP contribution >= 0.6 is 11.8 Å². The number of aliphatic hydroxyl groups is 2. The van der Waals surface area contributed by atoms with Gasteiger partial charge in [0.25, 0.3) is 5.91 Å². The van der Waals surface area contributed by atoms with Crippen molar-refractivity contribution in [2.75, 3.05) is 32.7 Å². The van der Waals surface area contributed by atoms with E-state index >= 15 is 0 Å². The molecule has 0 aromatic heterocycles. The van der Waals surface area contributed by atoms with Gasteiger partial charge in [0.2, 0.25) is 0 Å². The van der Waals surface area contributed by atoms with E-state index in [0.717, 1.165) is 17.7 Å². The number of aromatic hydroxyl groups is 1. The van der Waals surface area contributed by atoms with E-state index < -0.39 is 29.7 Å². The first kappa shape index (κ1) is 26.2. The minimum Gasteiger partial charge on any atom is -0.608 e. The summed E-state index contributed by atoms with van der Waals surface area (Å²) in [4.78, 5) is 17.4. The van der Waals surface area contributed by atoms with Crippen LogP contribution in [0.2, 0.25) is 0 Å². The molecule has 0 radical (unpaired) electrons. The van der Waals surface area contributed by atoms with E-state index in [1.165, 1.54) is 31.2 Å². The topological polar surface area (TPSA) is 142 Å². The van der Waals surface area contributed by atoms with Crippen molar-refractivity contribution in [3.05, 3.63) is 35.0 Å². The van der Waals surface area contributed by atoms with E-state index in [0.29, 0.717) is 6.42 Å². The summed E-state index contributed by atoms with van der Waals surface area (Å²) in [6.45, 7) is 1.53. The zero-order chi connectivity index (χ0) is 23.9. The Morgan fingerprint density at radius 3 is 2.66 bits per heavy atom. The number of phenolic OH excluding ortho intramolecular Hbond substituents is 1. The van der Waals surface area contributed by atoms with E-state index in [9.17, 15) is 25.3 Å². The summed E-state index contributed by atoms with van der Waals surface area (Å²) in [5.74, 6) is 0.484. The second-order valence-corrected chi connectivity index (χ2v) is 9.16. The Morgan fingerprint density at radius 1 is 1.41 bits per heavy atom. The number of ether oxygens (including phenoxy) is 1. The number of hydroxylamine groups is 1. The van der Waals surface area contributed by atoms with Gasteiger partial charge in [-0.05, 0) is 55.9 Å². The average Bonchev–Trinajstić information content (AvgIpc) is 3.17. The van der Waals surface area contributed by atoms with E-state index in [2.05, 4.69) is 10.3 Å². The van der Waals surface area contributed by atoms with Gasteiger partial charge in [0.1, 0.15) is 18.5 Å². The molecule has 0 fully saturated rings. The maximum atomic E-state index is 13.1. The number of nitrogens with one attached hydrogen (secondary N) is 2. The Labute approximate surface area is 192 Å². The van der Waals surface area contributed by atoms with Gasteiger partial charge in [0, 0.05) is 0 Å². The predicted octanol–water partition coefficient (Wildman–Crippen LogP) is -0.711. The summed E-state index contributed by atoms with van der Waals surface area (Å²) in [5, 5.41) is 46.2. The molecule has 0 aliphatic carbocycles. The largest absolute Gasteiger partial charge is 0.608 e. The minimum atomic E-state index is -1.28. The molecule has 5 atom stereocenters. The van der Waals surface area contributed by atoms with E-state index in [1.54, 1.807) is 30.8 Å². The van der Waals surface area contributed by atoms with Crippen LogP contribution < -0.4 is 10.5 Å². The normalized spacial score (nSPS) is 21.8. The smallest absolute Gasteiger partial charge is 0.334 e. The Bertz CT molecular complexity index is 778. The summed E-state index contributed by atoms with van der Waals surface area (Å²) >= 11 is 1.66. The number of aliphatic hydroxyl groups excluding tert-OH is 2. The number of benzene rings is 1. The van der Waals surface area contributed by atoms with Crippen molar-refractivity contribution in [3.8, 4) is 5.75 Å². The average molecular weight is 471 g/mol. The van der Waals surface area contributed by atoms with E-state index in [4.69, 9.17) is 4.74 Å². The van der Waals surface area contributed by atoms with Crippen LogP contribution in [-0.2, 0) is 16.0 Å². The first-order valence-electron chi connectivity index (χ1n) is 10.5. The number of amidine groups is 1. The lowest BCUT2D eigenvalue weighted by molar-refractivity contribution is -0.935. The quantitative estimate of drug-likeness (QED) is 0.211. The molecule has 0 bridgehead atoms. The monoisotopic (exact) mass is 470 g/mol. The van der Waals surface area contributed by atoms with Gasteiger partial charge < -0.3 is 30.6 Å². The molecule has 1 aliphatic heterocycles. The van der Waals surface area contributed by atoms with Crippen LogP contribution in [0.25, 0.3) is 0 Å². The molecule has 0 spiro atoms. The molecule has 2 rings (SSSR count). The Morgan fingerprint density at radius 2 is 2.06 bits per heavy atom. The van der Waals surface area contributed by atoms with Gasteiger partial charge in [-0.2, -0.15) is 16.8 Å². The number of phenols is 1. The lowest BCUT2D eigenvalue weighted by Crippen LogP contribution is -3.11. The highest BCUT2D eigenvalue weighted by Crippen LogP contribution is 2.21. The van der Waals surface area contributed by atoms with Gasteiger partial charge in [0.15, 0.2) is 5.54 Å². The van der Waals surface area contributed by atoms with Gasteiger partial charge in [-0.15, -0.1) is 0 Å². The summed E-state index contributed by atoms with van der Waals surface area (Å²) in [7, 11) is 2.87. The highest BCUT2D eigenvalue weighted by molar-refractivity contribution is 7.98. The van der Waals surface area contributed by atoms with Crippen molar-refractivity contribution in [2.45, 2.75) is 50.0 Å². The standard InChI is InChI=1S/C21H34N4O6S/c1-21(13-31-20(23-21)24(2)25(3)30)19(29)22-16(12-14-7-9-15(26)10-8-14)18(28)17(27)6-5-11-32-4/h7-10,16-18,25-28H,5-6,11-13H2,1-4H3,(H,22,29). The number of aliphatic imine (C=N–C) groups is 1. The fourth-order valence-corrected chi connectivity index (χ4v) is 3.70. The number of rotatable bonds is 11. The molecular weight excluding hydrogens is 436 g/mol. The molecule has 0 saturated carbocycles. The molecule has 32 heavy (non-hydrogen) atoms. The number of carbonyl (C=O) groups is 1. The van der Waals surface area contributed by atoms with Crippen molar-refractivity contribution in [2.24, 2.45) is 4.99 Å². The van der Waals surface area contributed by atoms with Crippen LogP contribution in [0.5, 0.6) is 5.75 Å². The summed E-state index contributed by atoms with van der Waals surface area (Å²) in [6.07, 6.45) is 1.13. The molecule has 1 heterocycles. The summed E-state index contributed by atoms with van der Waals surface area (Å²) in [6, 6.07) is 5.70. The predicted molar refractivity (Wildman–Crippen MR) is 123 cm³/mol. The first-order chi connectivity index (χ1) is 15.1. The fourth-order valence-electron chi connectivity index (χ4n) is 3.25. The Balaban J connectivity index is 2.17. The van der Waals surface area contributed by atoms with Crippen LogP contribution in [0.3, 0.4) is 0 Å². The zero-order valence-electron chi connectivity index (χ0n) is 18.9. The van der Waals surface area contributed by atoms with Gasteiger partial charge in [-0.25, -0.2) is 4.99 Å². The maximum absolute atomic E-state index is 13.1. The molecule has 5 unspecified atom stereocenters. The molecule has 1 aliphatic rings. The number of quaternary nitrogens is 1. The summed E-state index contributed by atoms with van der Waals surface area (Å²) < 4.78 is 5.45.